The smallest absolute Gasteiger partial charge is 0.0991 e. The number of fused-ring (bicyclic) bond motifs is 1. The molecule has 3 aromatic carbocycles. The molecule has 3 aromatic rings. The Morgan fingerprint density at radius 3 is 2.04 bits per heavy atom. The summed E-state index contributed by atoms with van der Waals surface area (Å²) in [6, 6.07) is 22.6. The average molecular weight is 329 g/mol. The minimum atomic E-state index is 0.707. The molecular formula is C24H27N. The summed E-state index contributed by atoms with van der Waals surface area (Å²) in [4.78, 5) is 0. The maximum absolute atomic E-state index is 8.99. The molecular weight excluding hydrogens is 302 g/mol. The SMILES string of the molecule is CC.CC.Cc1cc(/C=C/c2ccccc2)cc2ccc(C#N)cc12. The molecule has 0 spiro atoms. The summed E-state index contributed by atoms with van der Waals surface area (Å²) in [5, 5.41) is 11.3. The third-order valence-electron chi connectivity index (χ3n) is 3.58. The Bertz CT molecular complexity index is 852. The highest BCUT2D eigenvalue weighted by molar-refractivity contribution is 5.89. The molecule has 0 aliphatic carbocycles. The van der Waals surface area contributed by atoms with E-state index in [4.69, 9.17) is 5.26 Å². The molecule has 0 radical (unpaired) electrons. The van der Waals surface area contributed by atoms with Crippen LogP contribution in [0.25, 0.3) is 22.9 Å². The average Bonchev–Trinajstić information content (AvgIpc) is 2.70. The van der Waals surface area contributed by atoms with E-state index in [0.29, 0.717) is 5.56 Å². The zero-order valence-corrected chi connectivity index (χ0v) is 15.9. The Morgan fingerprint density at radius 2 is 1.40 bits per heavy atom. The van der Waals surface area contributed by atoms with E-state index in [1.165, 1.54) is 22.1 Å². The number of benzene rings is 3. The molecule has 0 bridgehead atoms. The van der Waals surface area contributed by atoms with Crippen LogP contribution in [0.2, 0.25) is 0 Å². The quantitative estimate of drug-likeness (QED) is 0.454. The van der Waals surface area contributed by atoms with Crippen LogP contribution < -0.4 is 0 Å². The Kier molecular flexibility index (Phi) is 8.75. The fourth-order valence-electron chi connectivity index (χ4n) is 2.49. The molecule has 0 heterocycles. The van der Waals surface area contributed by atoms with Gasteiger partial charge in [-0.2, -0.15) is 5.26 Å². The third kappa shape index (κ3) is 5.62. The van der Waals surface area contributed by atoms with E-state index in [2.05, 4.69) is 49.4 Å². The lowest BCUT2D eigenvalue weighted by atomic mass is 9.99. The molecule has 3 rings (SSSR count). The van der Waals surface area contributed by atoms with Crippen LogP contribution in [0.1, 0.15) is 49.9 Å². The van der Waals surface area contributed by atoms with Crippen molar-refractivity contribution in [2.45, 2.75) is 34.6 Å². The van der Waals surface area contributed by atoms with Gasteiger partial charge in [-0.3, -0.25) is 0 Å². The second-order valence-corrected chi connectivity index (χ2v) is 5.13. The zero-order valence-electron chi connectivity index (χ0n) is 15.9. The predicted molar refractivity (Wildman–Crippen MR) is 111 cm³/mol. The second kappa shape index (κ2) is 10.8. The minimum Gasteiger partial charge on any atom is -0.192 e. The summed E-state index contributed by atoms with van der Waals surface area (Å²) >= 11 is 0. The van der Waals surface area contributed by atoms with Crippen molar-refractivity contribution in [3.8, 4) is 6.07 Å². The van der Waals surface area contributed by atoms with Crippen LogP contribution in [0.15, 0.2) is 60.7 Å². The predicted octanol–water partition coefficient (Wildman–Crippen LogP) is 7.24. The third-order valence-corrected chi connectivity index (χ3v) is 3.58. The lowest BCUT2D eigenvalue weighted by Crippen LogP contribution is -1.83. The largest absolute Gasteiger partial charge is 0.192 e. The fraction of sp³-hybridized carbons (Fsp3) is 0.208. The Hall–Kier alpha value is -2.85. The maximum Gasteiger partial charge on any atom is 0.0991 e. The summed E-state index contributed by atoms with van der Waals surface area (Å²) < 4.78 is 0. The lowest BCUT2D eigenvalue weighted by Gasteiger charge is -2.05. The van der Waals surface area contributed by atoms with Gasteiger partial charge in [-0.25, -0.2) is 0 Å². The highest BCUT2D eigenvalue weighted by atomic mass is 14.2. The molecule has 0 N–H and O–H groups in total. The van der Waals surface area contributed by atoms with Crippen LogP contribution in [0.4, 0.5) is 0 Å². The summed E-state index contributed by atoms with van der Waals surface area (Å²) in [6.07, 6.45) is 4.24. The van der Waals surface area contributed by atoms with Gasteiger partial charge in [0, 0.05) is 0 Å². The number of aryl methyl sites for hydroxylation is 1. The van der Waals surface area contributed by atoms with Gasteiger partial charge in [0.25, 0.3) is 0 Å². The molecule has 0 aromatic heterocycles. The number of nitrogens with zero attached hydrogens (tertiary/aromatic N) is 1. The second-order valence-electron chi connectivity index (χ2n) is 5.13. The number of hydrogen-bond acceptors (Lipinski definition) is 1. The van der Waals surface area contributed by atoms with E-state index in [0.717, 1.165) is 5.39 Å². The van der Waals surface area contributed by atoms with Crippen LogP contribution in [0.5, 0.6) is 0 Å². The molecule has 0 amide bonds. The lowest BCUT2D eigenvalue weighted by molar-refractivity contribution is 1.48. The van der Waals surface area contributed by atoms with Gasteiger partial charge in [0.15, 0.2) is 0 Å². The van der Waals surface area contributed by atoms with Crippen molar-refractivity contribution in [2.24, 2.45) is 0 Å². The Balaban J connectivity index is 0.000000730. The van der Waals surface area contributed by atoms with Crippen molar-refractivity contribution in [1.82, 2.24) is 0 Å². The zero-order chi connectivity index (χ0) is 18.7. The molecule has 0 fully saturated rings. The fourth-order valence-corrected chi connectivity index (χ4v) is 2.49. The number of hydrogen-bond donors (Lipinski definition) is 0. The van der Waals surface area contributed by atoms with Gasteiger partial charge >= 0.3 is 0 Å². The summed E-state index contributed by atoms with van der Waals surface area (Å²) in [6.45, 7) is 10.1. The first-order chi connectivity index (χ1) is 12.3. The Morgan fingerprint density at radius 1 is 0.760 bits per heavy atom. The van der Waals surface area contributed by atoms with Crippen molar-refractivity contribution < 1.29 is 0 Å². The molecule has 0 aliphatic rings. The van der Waals surface area contributed by atoms with Crippen molar-refractivity contribution >= 4 is 22.9 Å². The van der Waals surface area contributed by atoms with Crippen LogP contribution in [-0.4, -0.2) is 0 Å². The number of rotatable bonds is 2. The molecule has 0 saturated heterocycles. The molecule has 128 valence electrons. The first kappa shape index (κ1) is 20.2. The van der Waals surface area contributed by atoms with Gasteiger partial charge in [0.2, 0.25) is 0 Å². The van der Waals surface area contributed by atoms with Gasteiger partial charge in [0.05, 0.1) is 11.6 Å². The molecule has 1 heteroatoms. The van der Waals surface area contributed by atoms with E-state index in [1.54, 1.807) is 0 Å². The van der Waals surface area contributed by atoms with Gasteiger partial charge < -0.3 is 0 Å². The molecule has 0 unspecified atom stereocenters. The minimum absolute atomic E-state index is 0.707. The highest BCUT2D eigenvalue weighted by Crippen LogP contribution is 2.23. The van der Waals surface area contributed by atoms with Gasteiger partial charge in [0.1, 0.15) is 0 Å². The Labute approximate surface area is 152 Å². The van der Waals surface area contributed by atoms with Crippen molar-refractivity contribution in [1.29, 1.82) is 5.26 Å². The van der Waals surface area contributed by atoms with E-state index < -0.39 is 0 Å². The molecule has 0 aliphatic heterocycles. The van der Waals surface area contributed by atoms with Crippen LogP contribution >= 0.6 is 0 Å². The molecule has 1 nitrogen and oxygen atoms in total. The first-order valence-electron chi connectivity index (χ1n) is 8.94. The summed E-state index contributed by atoms with van der Waals surface area (Å²) in [5.41, 5.74) is 4.26. The molecule has 25 heavy (non-hydrogen) atoms. The highest BCUT2D eigenvalue weighted by Gasteiger charge is 2.01. The summed E-state index contributed by atoms with van der Waals surface area (Å²) in [5.74, 6) is 0. The topological polar surface area (TPSA) is 23.8 Å². The van der Waals surface area contributed by atoms with E-state index in [9.17, 15) is 0 Å². The normalized spacial score (nSPS) is 9.60. The van der Waals surface area contributed by atoms with Crippen molar-refractivity contribution in [3.63, 3.8) is 0 Å². The standard InChI is InChI=1S/C20H15N.2C2H6/c1-15-11-17(8-7-16-5-3-2-4-6-16)12-19-10-9-18(14-21)13-20(15)19;2*1-2/h2-13H,1H3;2*1-2H3/b8-7+;;. The summed E-state index contributed by atoms with van der Waals surface area (Å²) in [7, 11) is 0. The number of nitriles is 1. The molecule has 0 atom stereocenters. The monoisotopic (exact) mass is 329 g/mol. The van der Waals surface area contributed by atoms with Gasteiger partial charge in [-0.15, -0.1) is 0 Å². The van der Waals surface area contributed by atoms with E-state index in [-0.39, 0.29) is 0 Å². The maximum atomic E-state index is 8.99. The van der Waals surface area contributed by atoms with Crippen LogP contribution in [-0.2, 0) is 0 Å². The first-order valence-corrected chi connectivity index (χ1v) is 8.94. The van der Waals surface area contributed by atoms with E-state index >= 15 is 0 Å². The van der Waals surface area contributed by atoms with Crippen LogP contribution in [0.3, 0.4) is 0 Å². The molecule has 0 saturated carbocycles. The van der Waals surface area contributed by atoms with Gasteiger partial charge in [-0.1, -0.05) is 82.3 Å². The van der Waals surface area contributed by atoms with E-state index in [1.807, 2.05) is 64.1 Å². The van der Waals surface area contributed by atoms with Gasteiger partial charge in [-0.05, 0) is 52.6 Å². The van der Waals surface area contributed by atoms with Crippen molar-refractivity contribution in [3.05, 3.63) is 82.9 Å². The van der Waals surface area contributed by atoms with Crippen molar-refractivity contribution in [2.75, 3.05) is 0 Å². The van der Waals surface area contributed by atoms with Crippen LogP contribution in [0, 0.1) is 18.3 Å².